The van der Waals surface area contributed by atoms with Gasteiger partial charge < -0.3 is 9.63 Å². The molecule has 3 rings (SSSR count). The Morgan fingerprint density at radius 2 is 1.82 bits per heavy atom. The second kappa shape index (κ2) is 6.49. The van der Waals surface area contributed by atoms with Gasteiger partial charge in [0.1, 0.15) is 11.5 Å². The van der Waals surface area contributed by atoms with E-state index in [0.29, 0.717) is 11.4 Å². The van der Waals surface area contributed by atoms with E-state index in [-0.39, 0.29) is 5.56 Å². The lowest BCUT2D eigenvalue weighted by molar-refractivity contribution is 0.0697. The van der Waals surface area contributed by atoms with Crippen molar-refractivity contribution in [3.8, 4) is 11.3 Å². The van der Waals surface area contributed by atoms with Gasteiger partial charge in [-0.1, -0.05) is 35.5 Å². The summed E-state index contributed by atoms with van der Waals surface area (Å²) in [7, 11) is 0. The number of aromatic nitrogens is 1. The molecule has 0 bridgehead atoms. The molecule has 0 amide bonds. The molecule has 0 aliphatic carbocycles. The van der Waals surface area contributed by atoms with Crippen LogP contribution in [0, 0.1) is 0 Å². The summed E-state index contributed by atoms with van der Waals surface area (Å²) in [5.41, 5.74) is 1.80. The molecule has 22 heavy (non-hydrogen) atoms. The second-order valence-electron chi connectivity index (χ2n) is 4.66. The maximum absolute atomic E-state index is 10.8. The molecular formula is C17H13NO3S. The number of nitrogens with zero attached hydrogens (tertiary/aromatic N) is 1. The number of aromatic carboxylic acids is 1. The normalized spacial score (nSPS) is 10.5. The minimum Gasteiger partial charge on any atom is -0.478 e. The second-order valence-corrected chi connectivity index (χ2v) is 5.71. The molecule has 5 heteroatoms. The minimum atomic E-state index is -0.938. The predicted molar refractivity (Wildman–Crippen MR) is 84.9 cm³/mol. The van der Waals surface area contributed by atoms with Crippen molar-refractivity contribution in [3.63, 3.8) is 0 Å². The van der Waals surface area contributed by atoms with Crippen molar-refractivity contribution in [3.05, 3.63) is 72.0 Å². The van der Waals surface area contributed by atoms with E-state index in [0.717, 1.165) is 11.3 Å². The van der Waals surface area contributed by atoms with Gasteiger partial charge in [0.05, 0.1) is 11.3 Å². The van der Waals surface area contributed by atoms with Crippen LogP contribution in [0.15, 0.2) is 70.1 Å². The summed E-state index contributed by atoms with van der Waals surface area (Å²) in [6.45, 7) is 0. The maximum atomic E-state index is 10.8. The molecule has 0 saturated heterocycles. The lowest BCUT2D eigenvalue weighted by Gasteiger charge is -1.97. The third-order valence-electron chi connectivity index (χ3n) is 3.11. The van der Waals surface area contributed by atoms with Gasteiger partial charge >= 0.3 is 5.97 Å². The highest BCUT2D eigenvalue weighted by Crippen LogP contribution is 2.25. The van der Waals surface area contributed by atoms with Crippen molar-refractivity contribution in [1.29, 1.82) is 0 Å². The number of thioether (sulfide) groups is 1. The first kappa shape index (κ1) is 14.4. The molecule has 110 valence electrons. The Balaban J connectivity index is 1.69. The summed E-state index contributed by atoms with van der Waals surface area (Å²) in [4.78, 5) is 12.0. The summed E-state index contributed by atoms with van der Waals surface area (Å²) in [6.07, 6.45) is 0. The van der Waals surface area contributed by atoms with Crippen LogP contribution in [0.2, 0.25) is 0 Å². The van der Waals surface area contributed by atoms with Crippen LogP contribution in [0.4, 0.5) is 0 Å². The molecule has 1 aromatic heterocycles. The first-order valence-electron chi connectivity index (χ1n) is 6.69. The minimum absolute atomic E-state index is 0.257. The number of benzene rings is 2. The van der Waals surface area contributed by atoms with Crippen molar-refractivity contribution in [1.82, 2.24) is 5.16 Å². The van der Waals surface area contributed by atoms with Crippen LogP contribution in [0.5, 0.6) is 0 Å². The summed E-state index contributed by atoms with van der Waals surface area (Å²) >= 11 is 1.68. The molecule has 0 aliphatic rings. The van der Waals surface area contributed by atoms with Gasteiger partial charge in [0, 0.05) is 16.5 Å². The monoisotopic (exact) mass is 311 g/mol. The number of carboxylic acid groups (broad SMARTS) is 1. The van der Waals surface area contributed by atoms with E-state index in [2.05, 4.69) is 5.16 Å². The Bertz CT molecular complexity index is 766. The smallest absolute Gasteiger partial charge is 0.335 e. The fourth-order valence-electron chi connectivity index (χ4n) is 1.97. The fourth-order valence-corrected chi connectivity index (χ4v) is 2.77. The Morgan fingerprint density at radius 1 is 1.09 bits per heavy atom. The fraction of sp³-hybridized carbons (Fsp3) is 0.0588. The quantitative estimate of drug-likeness (QED) is 0.710. The van der Waals surface area contributed by atoms with Crippen LogP contribution in [0.1, 0.15) is 16.1 Å². The first-order chi connectivity index (χ1) is 10.7. The highest BCUT2D eigenvalue weighted by Gasteiger charge is 2.08. The zero-order valence-corrected chi connectivity index (χ0v) is 12.4. The van der Waals surface area contributed by atoms with Crippen LogP contribution >= 0.6 is 11.8 Å². The predicted octanol–water partition coefficient (Wildman–Crippen LogP) is 4.33. The van der Waals surface area contributed by atoms with Gasteiger partial charge in [-0.2, -0.15) is 0 Å². The SMILES string of the molecule is O=C(O)c1ccc(-c2cc(CSc3ccccc3)on2)cc1. The highest BCUT2D eigenvalue weighted by atomic mass is 32.2. The van der Waals surface area contributed by atoms with Crippen LogP contribution in [-0.4, -0.2) is 16.2 Å². The van der Waals surface area contributed by atoms with E-state index >= 15 is 0 Å². The Morgan fingerprint density at radius 3 is 2.50 bits per heavy atom. The van der Waals surface area contributed by atoms with E-state index in [1.165, 1.54) is 4.90 Å². The molecule has 4 nitrogen and oxygen atoms in total. The van der Waals surface area contributed by atoms with Crippen LogP contribution in [0.3, 0.4) is 0 Å². The van der Waals surface area contributed by atoms with Gasteiger partial charge in [-0.05, 0) is 24.3 Å². The van der Waals surface area contributed by atoms with Gasteiger partial charge in [-0.15, -0.1) is 11.8 Å². The number of hydrogen-bond donors (Lipinski definition) is 1. The third-order valence-corrected chi connectivity index (χ3v) is 4.15. The third kappa shape index (κ3) is 3.38. The van der Waals surface area contributed by atoms with E-state index in [1.54, 1.807) is 36.0 Å². The molecule has 0 aliphatic heterocycles. The van der Waals surface area contributed by atoms with Crippen LogP contribution < -0.4 is 0 Å². The van der Waals surface area contributed by atoms with Crippen molar-refractivity contribution in [2.24, 2.45) is 0 Å². The van der Waals surface area contributed by atoms with Crippen molar-refractivity contribution < 1.29 is 14.4 Å². The summed E-state index contributed by atoms with van der Waals surface area (Å²) in [5, 5.41) is 12.9. The van der Waals surface area contributed by atoms with Gasteiger partial charge in [0.2, 0.25) is 0 Å². The average molecular weight is 311 g/mol. The zero-order valence-electron chi connectivity index (χ0n) is 11.6. The molecule has 0 saturated carbocycles. The average Bonchev–Trinajstić information content (AvgIpc) is 3.03. The van der Waals surface area contributed by atoms with Gasteiger partial charge in [-0.3, -0.25) is 0 Å². The van der Waals surface area contributed by atoms with Gasteiger partial charge in [-0.25, -0.2) is 4.79 Å². The van der Waals surface area contributed by atoms with E-state index in [9.17, 15) is 4.79 Å². The molecular weight excluding hydrogens is 298 g/mol. The molecule has 1 N–H and O–H groups in total. The van der Waals surface area contributed by atoms with E-state index < -0.39 is 5.97 Å². The van der Waals surface area contributed by atoms with Gasteiger partial charge in [0.15, 0.2) is 0 Å². The molecule has 1 heterocycles. The largest absolute Gasteiger partial charge is 0.478 e. The topological polar surface area (TPSA) is 63.3 Å². The molecule has 3 aromatic rings. The Kier molecular flexibility index (Phi) is 4.25. The number of hydrogen-bond acceptors (Lipinski definition) is 4. The first-order valence-corrected chi connectivity index (χ1v) is 7.68. The molecule has 0 atom stereocenters. The summed E-state index contributed by atoms with van der Waals surface area (Å²) in [5.74, 6) is 0.544. The number of carbonyl (C=O) groups is 1. The highest BCUT2D eigenvalue weighted by molar-refractivity contribution is 7.98. The van der Waals surface area contributed by atoms with Crippen molar-refractivity contribution >= 4 is 17.7 Å². The Labute approximate surface area is 131 Å². The summed E-state index contributed by atoms with van der Waals surface area (Å²) in [6, 6.07) is 18.5. The standard InChI is InChI=1S/C17H13NO3S/c19-17(20)13-8-6-12(7-9-13)16-10-14(21-18-16)11-22-15-4-2-1-3-5-15/h1-10H,11H2,(H,19,20). The lowest BCUT2D eigenvalue weighted by atomic mass is 10.1. The molecule has 0 radical (unpaired) electrons. The van der Waals surface area contributed by atoms with Crippen molar-refractivity contribution in [2.45, 2.75) is 10.6 Å². The lowest BCUT2D eigenvalue weighted by Crippen LogP contribution is -1.94. The number of carboxylic acids is 1. The molecule has 0 spiro atoms. The van der Waals surface area contributed by atoms with Crippen LogP contribution in [-0.2, 0) is 5.75 Å². The summed E-state index contributed by atoms with van der Waals surface area (Å²) < 4.78 is 5.33. The molecule has 0 fully saturated rings. The van der Waals surface area contributed by atoms with Gasteiger partial charge in [0.25, 0.3) is 0 Å². The van der Waals surface area contributed by atoms with E-state index in [1.807, 2.05) is 36.4 Å². The molecule has 0 unspecified atom stereocenters. The van der Waals surface area contributed by atoms with Crippen molar-refractivity contribution in [2.75, 3.05) is 0 Å². The molecule has 2 aromatic carbocycles. The Hall–Kier alpha value is -2.53. The maximum Gasteiger partial charge on any atom is 0.335 e. The number of rotatable bonds is 5. The van der Waals surface area contributed by atoms with E-state index in [4.69, 9.17) is 9.63 Å². The van der Waals surface area contributed by atoms with Crippen LogP contribution in [0.25, 0.3) is 11.3 Å². The zero-order chi connectivity index (χ0) is 15.4.